The molecule has 0 saturated carbocycles. The van der Waals surface area contributed by atoms with Gasteiger partial charge in [-0.15, -0.1) is 0 Å². The van der Waals surface area contributed by atoms with E-state index in [-0.39, 0.29) is 17.9 Å². The molecule has 1 aliphatic carbocycles. The number of hydrogen-bond donors (Lipinski definition) is 2. The molecule has 2 N–H and O–H groups in total. The molecule has 4 nitrogen and oxygen atoms in total. The third kappa shape index (κ3) is 1.51. The highest BCUT2D eigenvalue weighted by Crippen LogP contribution is 2.60. The number of carbonyl (C=O) groups excluding carboxylic acids is 1. The van der Waals surface area contributed by atoms with E-state index in [1.807, 2.05) is 6.08 Å². The quantitative estimate of drug-likeness (QED) is 0.646. The van der Waals surface area contributed by atoms with Gasteiger partial charge in [-0.1, -0.05) is 29.8 Å². The van der Waals surface area contributed by atoms with Crippen molar-refractivity contribution < 1.29 is 9.90 Å². The van der Waals surface area contributed by atoms with Crippen molar-refractivity contribution in [3.8, 4) is 0 Å². The van der Waals surface area contributed by atoms with E-state index in [0.717, 1.165) is 49.2 Å². The molecular weight excluding hydrogens is 288 g/mol. The molecule has 4 heteroatoms. The molecule has 2 bridgehead atoms. The summed E-state index contributed by atoms with van der Waals surface area (Å²) >= 11 is 0. The number of piperidine rings is 1. The third-order valence-corrected chi connectivity index (χ3v) is 6.35. The molecule has 1 aromatic carbocycles. The molecular formula is C19H20N2O2. The number of nitrogens with one attached hydrogen (secondary N) is 1. The van der Waals surface area contributed by atoms with Crippen LogP contribution in [-0.4, -0.2) is 42.0 Å². The van der Waals surface area contributed by atoms with Gasteiger partial charge in [0, 0.05) is 42.0 Å². The molecule has 0 radical (unpaired) electrons. The first-order valence-corrected chi connectivity index (χ1v) is 8.40. The van der Waals surface area contributed by atoms with Crippen LogP contribution in [0.3, 0.4) is 0 Å². The Kier molecular flexibility index (Phi) is 2.68. The third-order valence-electron chi connectivity index (χ3n) is 6.35. The van der Waals surface area contributed by atoms with Crippen LogP contribution >= 0.6 is 0 Å². The Morgan fingerprint density at radius 3 is 3.09 bits per heavy atom. The minimum Gasteiger partial charge on any atom is -0.392 e. The Labute approximate surface area is 135 Å². The van der Waals surface area contributed by atoms with Gasteiger partial charge < -0.3 is 10.4 Å². The van der Waals surface area contributed by atoms with Crippen molar-refractivity contribution in [1.82, 2.24) is 4.90 Å². The molecule has 4 aliphatic rings. The lowest BCUT2D eigenvalue weighted by atomic mass is 9.62. The normalized spacial score (nSPS) is 36.0. The summed E-state index contributed by atoms with van der Waals surface area (Å²) in [4.78, 5) is 14.5. The Morgan fingerprint density at radius 2 is 2.26 bits per heavy atom. The smallest absolute Gasteiger partial charge is 0.148 e. The summed E-state index contributed by atoms with van der Waals surface area (Å²) in [6, 6.07) is 8.96. The number of aliphatic hydroxyl groups excluding tert-OH is 1. The highest BCUT2D eigenvalue weighted by Gasteiger charge is 2.60. The zero-order valence-electron chi connectivity index (χ0n) is 13.0. The van der Waals surface area contributed by atoms with Crippen LogP contribution in [0.1, 0.15) is 18.4 Å². The van der Waals surface area contributed by atoms with Gasteiger partial charge in [-0.25, -0.2) is 0 Å². The molecule has 3 aliphatic heterocycles. The van der Waals surface area contributed by atoms with Gasteiger partial charge in [0.25, 0.3) is 0 Å². The standard InChI is InChI=1S/C19H20N2O2/c22-8-5-12-10-21-7-6-19-15-3-1-2-4-16(15)20-18(19)14(11-23)13(12)9-17(19)21/h1-5,11,13,17,20,22H,6-10H2/t13-,17-,19+/m0/s1. The number of aldehydes is 1. The fraction of sp³-hybridized carbons (Fsp3) is 0.421. The van der Waals surface area contributed by atoms with Gasteiger partial charge in [0.05, 0.1) is 12.0 Å². The van der Waals surface area contributed by atoms with Crippen LogP contribution in [-0.2, 0) is 10.2 Å². The van der Waals surface area contributed by atoms with E-state index in [1.54, 1.807) is 0 Å². The van der Waals surface area contributed by atoms with Gasteiger partial charge in [0.15, 0.2) is 0 Å². The Bertz CT molecular complexity index is 766. The first-order chi connectivity index (χ1) is 11.3. The predicted molar refractivity (Wildman–Crippen MR) is 88.1 cm³/mol. The maximum atomic E-state index is 12.0. The van der Waals surface area contributed by atoms with Gasteiger partial charge in [0.1, 0.15) is 6.29 Å². The SMILES string of the molecule is O=CC1=C2Nc3ccccc3[C@@]23CCN2CC(=CCO)[C@@H]1C[C@H]23. The number of para-hydroxylation sites is 1. The molecule has 2 fully saturated rings. The number of hydrogen-bond acceptors (Lipinski definition) is 4. The maximum absolute atomic E-state index is 12.0. The molecule has 3 heterocycles. The Morgan fingerprint density at radius 1 is 1.39 bits per heavy atom. The average molecular weight is 308 g/mol. The lowest BCUT2D eigenvalue weighted by Crippen LogP contribution is -2.52. The number of carbonyl (C=O) groups is 1. The van der Waals surface area contributed by atoms with E-state index in [4.69, 9.17) is 0 Å². The van der Waals surface area contributed by atoms with Gasteiger partial charge in [-0.3, -0.25) is 9.69 Å². The molecule has 23 heavy (non-hydrogen) atoms. The monoisotopic (exact) mass is 308 g/mol. The van der Waals surface area contributed by atoms with E-state index in [2.05, 4.69) is 34.5 Å². The molecule has 2 saturated heterocycles. The van der Waals surface area contributed by atoms with Gasteiger partial charge in [0.2, 0.25) is 0 Å². The van der Waals surface area contributed by atoms with Crippen molar-refractivity contribution in [3.05, 3.63) is 52.7 Å². The molecule has 5 rings (SSSR count). The second-order valence-electron chi connectivity index (χ2n) is 7.08. The predicted octanol–water partition coefficient (Wildman–Crippen LogP) is 1.83. The number of aliphatic hydroxyl groups is 1. The number of benzene rings is 1. The van der Waals surface area contributed by atoms with E-state index in [9.17, 15) is 9.90 Å². The molecule has 1 aromatic rings. The van der Waals surface area contributed by atoms with E-state index < -0.39 is 0 Å². The fourth-order valence-corrected chi connectivity index (χ4v) is 5.48. The van der Waals surface area contributed by atoms with Crippen molar-refractivity contribution >= 4 is 12.0 Å². The molecule has 0 unspecified atom stereocenters. The van der Waals surface area contributed by atoms with Crippen molar-refractivity contribution in [2.75, 3.05) is 25.0 Å². The van der Waals surface area contributed by atoms with Gasteiger partial charge >= 0.3 is 0 Å². The van der Waals surface area contributed by atoms with Crippen LogP contribution in [0.25, 0.3) is 0 Å². The van der Waals surface area contributed by atoms with Crippen molar-refractivity contribution in [2.45, 2.75) is 24.3 Å². The zero-order valence-corrected chi connectivity index (χ0v) is 13.0. The largest absolute Gasteiger partial charge is 0.392 e. The van der Waals surface area contributed by atoms with Crippen LogP contribution in [0.5, 0.6) is 0 Å². The minimum atomic E-state index is -0.0336. The molecule has 0 amide bonds. The second kappa shape index (κ2) is 4.56. The van der Waals surface area contributed by atoms with E-state index in [0.29, 0.717) is 6.04 Å². The summed E-state index contributed by atoms with van der Waals surface area (Å²) in [6.45, 7) is 1.97. The number of nitrogens with zero attached hydrogens (tertiary/aromatic N) is 1. The molecule has 0 aromatic heterocycles. The summed E-state index contributed by atoms with van der Waals surface area (Å²) in [5.41, 5.74) is 5.71. The fourth-order valence-electron chi connectivity index (χ4n) is 5.48. The Balaban J connectivity index is 1.78. The minimum absolute atomic E-state index is 0.0336. The van der Waals surface area contributed by atoms with E-state index >= 15 is 0 Å². The first-order valence-electron chi connectivity index (χ1n) is 8.40. The number of allylic oxidation sites excluding steroid dienone is 1. The van der Waals surface area contributed by atoms with Crippen LogP contribution < -0.4 is 5.32 Å². The topological polar surface area (TPSA) is 52.6 Å². The number of fused-ring (bicyclic) bond motifs is 2. The highest BCUT2D eigenvalue weighted by atomic mass is 16.2. The second-order valence-corrected chi connectivity index (χ2v) is 7.08. The van der Waals surface area contributed by atoms with Crippen LogP contribution in [0.4, 0.5) is 5.69 Å². The Hall–Kier alpha value is -1.91. The summed E-state index contributed by atoms with van der Waals surface area (Å²) in [7, 11) is 0. The van der Waals surface area contributed by atoms with Crippen molar-refractivity contribution in [3.63, 3.8) is 0 Å². The van der Waals surface area contributed by atoms with Crippen LogP contribution in [0.15, 0.2) is 47.2 Å². The highest BCUT2D eigenvalue weighted by molar-refractivity contribution is 5.84. The molecule has 1 spiro atoms. The summed E-state index contributed by atoms with van der Waals surface area (Å²) in [5.74, 6) is 0.156. The average Bonchev–Trinajstić information content (AvgIpc) is 3.12. The van der Waals surface area contributed by atoms with Crippen molar-refractivity contribution in [1.29, 1.82) is 0 Å². The van der Waals surface area contributed by atoms with Crippen LogP contribution in [0, 0.1) is 5.92 Å². The van der Waals surface area contributed by atoms with Crippen LogP contribution in [0.2, 0.25) is 0 Å². The maximum Gasteiger partial charge on any atom is 0.148 e. The first kappa shape index (κ1) is 13.5. The molecule has 3 atom stereocenters. The van der Waals surface area contributed by atoms with Gasteiger partial charge in [-0.2, -0.15) is 0 Å². The van der Waals surface area contributed by atoms with Crippen molar-refractivity contribution in [2.24, 2.45) is 5.92 Å². The summed E-state index contributed by atoms with van der Waals surface area (Å²) < 4.78 is 0. The van der Waals surface area contributed by atoms with Gasteiger partial charge in [-0.05, 0) is 24.5 Å². The summed E-state index contributed by atoms with van der Waals surface area (Å²) in [5, 5.41) is 12.9. The van der Waals surface area contributed by atoms with E-state index in [1.165, 1.54) is 11.1 Å². The number of rotatable bonds is 2. The zero-order chi connectivity index (χ0) is 15.6. The lowest BCUT2D eigenvalue weighted by Gasteiger charge is -2.48. The lowest BCUT2D eigenvalue weighted by molar-refractivity contribution is -0.105. The number of anilines is 1. The molecule has 118 valence electrons. The summed E-state index contributed by atoms with van der Waals surface area (Å²) in [6.07, 6.45) is 5.00.